The molecule has 0 saturated carbocycles. The molecule has 0 aliphatic heterocycles. The fourth-order valence-corrected chi connectivity index (χ4v) is 15.4. The van der Waals surface area contributed by atoms with Gasteiger partial charge in [0.2, 0.25) is 0 Å². The summed E-state index contributed by atoms with van der Waals surface area (Å²) >= 11 is 0. The Bertz CT molecular complexity index is 6760. The Morgan fingerprint density at radius 3 is 0.586 bits per heavy atom. The van der Waals surface area contributed by atoms with Crippen molar-refractivity contribution in [3.8, 4) is 180 Å². The molecule has 0 unspecified atom stereocenters. The van der Waals surface area contributed by atoms with Gasteiger partial charge in [-0.3, -0.25) is 0 Å². The molecule has 0 aliphatic rings. The molecule has 544 valence electrons. The van der Waals surface area contributed by atoms with Gasteiger partial charge >= 0.3 is 0 Å². The molecule has 0 aliphatic carbocycles. The summed E-state index contributed by atoms with van der Waals surface area (Å²) in [5.74, 6) is 3.83. The van der Waals surface area contributed by atoms with E-state index in [-0.39, 0.29) is 0 Å². The SMILES string of the molecule is c1ccc(-c2ccc(-c3cc(-c4ccc(-c5cccc6ccccc56)cc4)cc(-c4cccc(-c5nc(-c6ccccc6)nc(-c6ccccc6)n5)c4)c3)cc2)cc1.c1ccc(-c2cccc(-c3cc(-c4ccc(-c5cccc6ccccc56)cc4)cc(-c4cccc(-c5nc(-c6ccccc6)nc(-c6ccccc6)n5)c4)c3)c2)cc1. The van der Waals surface area contributed by atoms with Gasteiger partial charge in [0.25, 0.3) is 0 Å². The molecular weight excluding hydrogens is 1410 g/mol. The molecule has 6 heteroatoms. The van der Waals surface area contributed by atoms with Crippen LogP contribution < -0.4 is 0 Å². The van der Waals surface area contributed by atoms with E-state index in [1.165, 1.54) is 66.1 Å². The number of fused-ring (bicyclic) bond motifs is 2. The predicted molar refractivity (Wildman–Crippen MR) is 482 cm³/mol. The molecule has 6 nitrogen and oxygen atoms in total. The lowest BCUT2D eigenvalue weighted by molar-refractivity contribution is 1.07. The topological polar surface area (TPSA) is 77.3 Å². The monoisotopic (exact) mass is 1480 g/mol. The third kappa shape index (κ3) is 15.4. The lowest BCUT2D eigenvalue weighted by atomic mass is 9.91. The summed E-state index contributed by atoms with van der Waals surface area (Å²) in [5.41, 5.74) is 28.9. The number of benzene rings is 18. The summed E-state index contributed by atoms with van der Waals surface area (Å²) < 4.78 is 0. The van der Waals surface area contributed by atoms with Gasteiger partial charge in [-0.25, -0.2) is 29.9 Å². The zero-order chi connectivity index (χ0) is 77.4. The van der Waals surface area contributed by atoms with Crippen molar-refractivity contribution in [3.63, 3.8) is 0 Å². The van der Waals surface area contributed by atoms with Crippen LogP contribution in [0.3, 0.4) is 0 Å². The molecule has 0 bridgehead atoms. The van der Waals surface area contributed by atoms with Gasteiger partial charge in [-0.1, -0.05) is 394 Å². The smallest absolute Gasteiger partial charge is 0.164 e. The Morgan fingerprint density at radius 2 is 0.276 bits per heavy atom. The molecular formula is C110H74N6. The zero-order valence-electron chi connectivity index (χ0n) is 63.4. The molecule has 0 fully saturated rings. The molecule has 0 atom stereocenters. The van der Waals surface area contributed by atoms with Crippen LogP contribution in [0.1, 0.15) is 0 Å². The maximum Gasteiger partial charge on any atom is 0.164 e. The molecule has 20 aromatic rings. The Hall–Kier alpha value is -15.5. The molecule has 18 aromatic carbocycles. The number of nitrogens with zero attached hydrogens (tertiary/aromatic N) is 6. The van der Waals surface area contributed by atoms with Crippen molar-refractivity contribution in [2.75, 3.05) is 0 Å². The van der Waals surface area contributed by atoms with Crippen molar-refractivity contribution >= 4 is 21.5 Å². The highest BCUT2D eigenvalue weighted by Gasteiger charge is 2.19. The minimum absolute atomic E-state index is 0.630. The molecule has 20 rings (SSSR count). The van der Waals surface area contributed by atoms with E-state index in [4.69, 9.17) is 29.9 Å². The second-order valence-corrected chi connectivity index (χ2v) is 28.9. The second kappa shape index (κ2) is 32.4. The fourth-order valence-electron chi connectivity index (χ4n) is 15.4. The van der Waals surface area contributed by atoms with E-state index in [0.29, 0.717) is 34.9 Å². The molecule has 0 spiro atoms. The molecule has 2 aromatic heterocycles. The Kier molecular flexibility index (Phi) is 19.8. The minimum Gasteiger partial charge on any atom is -0.208 e. The minimum atomic E-state index is 0.630. The first-order chi connectivity index (χ1) is 57.4. The van der Waals surface area contributed by atoms with E-state index in [9.17, 15) is 0 Å². The summed E-state index contributed by atoms with van der Waals surface area (Å²) in [7, 11) is 0. The predicted octanol–water partition coefficient (Wildman–Crippen LogP) is 28.7. The van der Waals surface area contributed by atoms with Crippen LogP contribution in [-0.4, -0.2) is 29.9 Å². The van der Waals surface area contributed by atoms with Crippen LogP contribution in [0.5, 0.6) is 0 Å². The number of aromatic nitrogens is 6. The maximum absolute atomic E-state index is 5.03. The largest absolute Gasteiger partial charge is 0.208 e. The van der Waals surface area contributed by atoms with Gasteiger partial charge in [-0.15, -0.1) is 0 Å². The van der Waals surface area contributed by atoms with E-state index >= 15 is 0 Å². The molecule has 116 heavy (non-hydrogen) atoms. The quantitative estimate of drug-likeness (QED) is 0.0959. The fraction of sp³-hybridized carbons (Fsp3) is 0. The average Bonchev–Trinajstić information content (AvgIpc) is 0.785. The number of hydrogen-bond acceptors (Lipinski definition) is 6. The first-order valence-electron chi connectivity index (χ1n) is 39.2. The van der Waals surface area contributed by atoms with Gasteiger partial charge < -0.3 is 0 Å². The van der Waals surface area contributed by atoms with Crippen LogP contribution in [0.25, 0.3) is 201 Å². The van der Waals surface area contributed by atoms with E-state index in [1.54, 1.807) is 0 Å². The van der Waals surface area contributed by atoms with E-state index < -0.39 is 0 Å². The van der Waals surface area contributed by atoms with Crippen molar-refractivity contribution in [2.24, 2.45) is 0 Å². The highest BCUT2D eigenvalue weighted by Crippen LogP contribution is 2.41. The molecule has 0 radical (unpaired) electrons. The molecule has 0 amide bonds. The summed E-state index contributed by atoms with van der Waals surface area (Å²) in [6.07, 6.45) is 0. The highest BCUT2D eigenvalue weighted by atomic mass is 15.0. The standard InChI is InChI=1S/2C55H37N3/c1-4-15-38(16-5-1)44-23-12-24-45(33-44)49-35-48(39-29-31-41(32-30-39)52-28-14-22-40-17-10-11-27-51(40)52)36-50(37-49)46-25-13-26-47(34-46)55-57-53(42-18-6-2-7-19-42)56-54(58-55)43-20-8-3-9-21-43;1-4-14-38(15-5-1)39-26-28-40(29-27-39)48-35-49(41-30-32-43(33-31-41)52-25-13-21-42-16-10-11-24-51(42)52)37-50(36-48)46-22-12-23-47(34-46)55-57-53(44-17-6-2-7-18-44)56-54(58-55)45-19-8-3-9-20-45/h2*1-37H. The zero-order valence-corrected chi connectivity index (χ0v) is 63.4. The van der Waals surface area contributed by atoms with Gasteiger partial charge in [0.15, 0.2) is 34.9 Å². The summed E-state index contributed by atoms with van der Waals surface area (Å²) in [5, 5.41) is 4.99. The van der Waals surface area contributed by atoms with Crippen molar-refractivity contribution in [3.05, 3.63) is 449 Å². The number of hydrogen-bond donors (Lipinski definition) is 0. The normalized spacial score (nSPS) is 11.1. The van der Waals surface area contributed by atoms with Crippen molar-refractivity contribution < 1.29 is 0 Å². The van der Waals surface area contributed by atoms with Crippen LogP contribution in [0.15, 0.2) is 449 Å². The maximum atomic E-state index is 5.03. The Morgan fingerprint density at radius 1 is 0.103 bits per heavy atom. The third-order valence-electron chi connectivity index (χ3n) is 21.4. The third-order valence-corrected chi connectivity index (χ3v) is 21.4. The first kappa shape index (κ1) is 70.9. The van der Waals surface area contributed by atoms with Crippen molar-refractivity contribution in [1.82, 2.24) is 29.9 Å². The van der Waals surface area contributed by atoms with Gasteiger partial charge in [-0.2, -0.15) is 0 Å². The van der Waals surface area contributed by atoms with E-state index in [2.05, 4.69) is 328 Å². The second-order valence-electron chi connectivity index (χ2n) is 28.9. The Balaban J connectivity index is 0.000000155. The van der Waals surface area contributed by atoms with E-state index in [1.807, 2.05) is 121 Å². The summed E-state index contributed by atoms with van der Waals surface area (Å²) in [6, 6.07) is 158. The van der Waals surface area contributed by atoms with Crippen molar-refractivity contribution in [2.45, 2.75) is 0 Å². The van der Waals surface area contributed by atoms with Crippen LogP contribution in [0, 0.1) is 0 Å². The highest BCUT2D eigenvalue weighted by molar-refractivity contribution is 5.99. The first-order valence-corrected chi connectivity index (χ1v) is 39.2. The summed E-state index contributed by atoms with van der Waals surface area (Å²) in [4.78, 5) is 30.0. The Labute approximate surface area is 675 Å². The van der Waals surface area contributed by atoms with Crippen molar-refractivity contribution in [1.29, 1.82) is 0 Å². The average molecular weight is 1480 g/mol. The van der Waals surface area contributed by atoms with Gasteiger partial charge in [-0.05, 0) is 187 Å². The van der Waals surface area contributed by atoms with Crippen LogP contribution in [0.4, 0.5) is 0 Å². The van der Waals surface area contributed by atoms with Crippen LogP contribution in [0.2, 0.25) is 0 Å². The van der Waals surface area contributed by atoms with E-state index in [0.717, 1.165) is 100 Å². The van der Waals surface area contributed by atoms with Gasteiger partial charge in [0.1, 0.15) is 0 Å². The number of rotatable bonds is 16. The lowest BCUT2D eigenvalue weighted by Gasteiger charge is -2.14. The lowest BCUT2D eigenvalue weighted by Crippen LogP contribution is -2.00. The molecule has 0 saturated heterocycles. The van der Waals surface area contributed by atoms with Crippen LogP contribution in [-0.2, 0) is 0 Å². The van der Waals surface area contributed by atoms with Crippen LogP contribution >= 0.6 is 0 Å². The van der Waals surface area contributed by atoms with Gasteiger partial charge in [0.05, 0.1) is 0 Å². The van der Waals surface area contributed by atoms with Gasteiger partial charge in [0, 0.05) is 33.4 Å². The summed E-state index contributed by atoms with van der Waals surface area (Å²) in [6.45, 7) is 0. The molecule has 2 heterocycles. The molecule has 0 N–H and O–H groups in total.